The van der Waals surface area contributed by atoms with Gasteiger partial charge in [-0.15, -0.1) is 0 Å². The summed E-state index contributed by atoms with van der Waals surface area (Å²) in [6.45, 7) is 0.493. The van der Waals surface area contributed by atoms with Gasteiger partial charge in [0.25, 0.3) is 0 Å². The van der Waals surface area contributed by atoms with E-state index in [1.165, 1.54) is 0 Å². The van der Waals surface area contributed by atoms with Crippen molar-refractivity contribution >= 4 is 5.96 Å². The van der Waals surface area contributed by atoms with E-state index in [4.69, 9.17) is 15.4 Å². The number of nitrogens with one attached hydrogen (secondary N) is 1. The van der Waals surface area contributed by atoms with Gasteiger partial charge in [0.2, 0.25) is 5.96 Å². The fourth-order valence-corrected chi connectivity index (χ4v) is 0.777. The molecule has 0 atom stereocenters. The van der Waals surface area contributed by atoms with Gasteiger partial charge in [-0.3, -0.25) is 10.2 Å². The molecule has 66 valence electrons. The maximum Gasteiger partial charge on any atom is 0.212 e. The number of guanidine groups is 1. The number of hydrogen-bond acceptors (Lipinski definition) is 3. The molecule has 5 nitrogen and oxygen atoms in total. The number of hydrogen-bond donors (Lipinski definition) is 3. The van der Waals surface area contributed by atoms with Crippen molar-refractivity contribution in [3.63, 3.8) is 0 Å². The highest BCUT2D eigenvalue weighted by Crippen LogP contribution is 2.00. The molecule has 0 saturated carbocycles. The Labute approximate surface area is 69.9 Å². The van der Waals surface area contributed by atoms with E-state index in [1.54, 1.807) is 11.7 Å². The highest BCUT2D eigenvalue weighted by Gasteiger charge is 1.93. The quantitative estimate of drug-likeness (QED) is 0.341. The summed E-state index contributed by atoms with van der Waals surface area (Å²) < 4.78 is 5.06. The summed E-state index contributed by atoms with van der Waals surface area (Å²) in [5.41, 5.74) is 6.91. The normalized spacial score (nSPS) is 11.6. The summed E-state index contributed by atoms with van der Waals surface area (Å²) in [6.07, 6.45) is 2.28. The first kappa shape index (κ1) is 8.61. The first-order chi connectivity index (χ1) is 5.83. The minimum absolute atomic E-state index is 0.0153. The average Bonchev–Trinajstić information content (AvgIpc) is 2.57. The predicted molar refractivity (Wildman–Crippen MR) is 43.8 cm³/mol. The Morgan fingerprint density at radius 2 is 2.58 bits per heavy atom. The lowest BCUT2D eigenvalue weighted by atomic mass is 10.3. The Hall–Kier alpha value is -1.49. The molecule has 12 heavy (non-hydrogen) atoms. The molecule has 0 aliphatic carbocycles. The first-order valence-electron chi connectivity index (χ1n) is 3.55. The van der Waals surface area contributed by atoms with Crippen LogP contribution in [0, 0.1) is 0 Å². The SMILES string of the molecule is NC(=NCCc1ccco1)NO. The van der Waals surface area contributed by atoms with E-state index < -0.39 is 0 Å². The molecular weight excluding hydrogens is 158 g/mol. The Kier molecular flexibility index (Phi) is 3.16. The Bertz CT molecular complexity index is 243. The number of furan rings is 1. The summed E-state index contributed by atoms with van der Waals surface area (Å²) in [4.78, 5) is 3.79. The number of aliphatic imine (C=N–C) groups is 1. The zero-order valence-corrected chi connectivity index (χ0v) is 6.53. The number of nitrogens with zero attached hydrogens (tertiary/aromatic N) is 1. The van der Waals surface area contributed by atoms with E-state index in [1.807, 2.05) is 12.1 Å². The molecule has 0 bridgehead atoms. The topological polar surface area (TPSA) is 83.8 Å². The van der Waals surface area contributed by atoms with Crippen LogP contribution in [-0.4, -0.2) is 17.7 Å². The predicted octanol–water partition coefficient (Wildman–Crippen LogP) is 0.116. The highest BCUT2D eigenvalue weighted by atomic mass is 16.5. The van der Waals surface area contributed by atoms with Crippen LogP contribution in [0.1, 0.15) is 5.76 Å². The largest absolute Gasteiger partial charge is 0.469 e. The molecule has 0 aromatic carbocycles. The van der Waals surface area contributed by atoms with Crippen molar-refractivity contribution in [2.75, 3.05) is 6.54 Å². The molecule has 1 rings (SSSR count). The summed E-state index contributed by atoms with van der Waals surface area (Å²) in [5, 5.41) is 8.26. The lowest BCUT2D eigenvalue weighted by molar-refractivity contribution is 0.232. The summed E-state index contributed by atoms with van der Waals surface area (Å²) in [7, 11) is 0. The van der Waals surface area contributed by atoms with Crippen LogP contribution in [-0.2, 0) is 6.42 Å². The number of hydroxylamine groups is 1. The molecule has 1 aromatic heterocycles. The van der Waals surface area contributed by atoms with Crippen LogP contribution < -0.4 is 11.2 Å². The molecule has 0 aliphatic rings. The highest BCUT2D eigenvalue weighted by molar-refractivity contribution is 5.76. The van der Waals surface area contributed by atoms with Gasteiger partial charge in [0.15, 0.2) is 0 Å². The molecule has 0 spiro atoms. The zero-order chi connectivity index (χ0) is 8.81. The van der Waals surface area contributed by atoms with Gasteiger partial charge >= 0.3 is 0 Å². The third-order valence-electron chi connectivity index (χ3n) is 1.34. The van der Waals surface area contributed by atoms with Gasteiger partial charge in [0, 0.05) is 13.0 Å². The Balaban J connectivity index is 2.28. The minimum Gasteiger partial charge on any atom is -0.469 e. The van der Waals surface area contributed by atoms with E-state index >= 15 is 0 Å². The van der Waals surface area contributed by atoms with Crippen molar-refractivity contribution in [3.05, 3.63) is 24.2 Å². The fraction of sp³-hybridized carbons (Fsp3) is 0.286. The van der Waals surface area contributed by atoms with Crippen LogP contribution in [0.15, 0.2) is 27.8 Å². The third-order valence-corrected chi connectivity index (χ3v) is 1.34. The molecule has 0 unspecified atom stereocenters. The second-order valence-electron chi connectivity index (χ2n) is 2.21. The smallest absolute Gasteiger partial charge is 0.212 e. The number of rotatable bonds is 3. The van der Waals surface area contributed by atoms with Crippen molar-refractivity contribution in [1.82, 2.24) is 5.48 Å². The van der Waals surface area contributed by atoms with E-state index in [9.17, 15) is 0 Å². The minimum atomic E-state index is 0.0153. The first-order valence-corrected chi connectivity index (χ1v) is 3.55. The molecule has 1 aromatic rings. The van der Waals surface area contributed by atoms with Gasteiger partial charge in [-0.05, 0) is 12.1 Å². The van der Waals surface area contributed by atoms with E-state index in [0.717, 1.165) is 5.76 Å². The molecule has 0 radical (unpaired) electrons. The van der Waals surface area contributed by atoms with Crippen molar-refractivity contribution in [3.8, 4) is 0 Å². The van der Waals surface area contributed by atoms with Crippen LogP contribution in [0.2, 0.25) is 0 Å². The average molecular weight is 169 g/mol. The van der Waals surface area contributed by atoms with Crippen LogP contribution in [0.25, 0.3) is 0 Å². The van der Waals surface area contributed by atoms with E-state index in [-0.39, 0.29) is 5.96 Å². The van der Waals surface area contributed by atoms with Crippen molar-refractivity contribution in [2.45, 2.75) is 6.42 Å². The van der Waals surface area contributed by atoms with Gasteiger partial charge in [-0.1, -0.05) is 0 Å². The van der Waals surface area contributed by atoms with Gasteiger partial charge in [-0.25, -0.2) is 5.48 Å². The lowest BCUT2D eigenvalue weighted by Gasteiger charge is -1.95. The van der Waals surface area contributed by atoms with Gasteiger partial charge < -0.3 is 10.2 Å². The standard InChI is InChI=1S/C7H11N3O2/c8-7(10-11)9-4-3-6-2-1-5-12-6/h1-2,5,11H,3-4H2,(H3,8,9,10). The van der Waals surface area contributed by atoms with Crippen LogP contribution >= 0.6 is 0 Å². The van der Waals surface area contributed by atoms with Gasteiger partial charge in [0.1, 0.15) is 5.76 Å². The van der Waals surface area contributed by atoms with E-state index in [0.29, 0.717) is 13.0 Å². The molecule has 1 heterocycles. The Morgan fingerprint density at radius 3 is 3.17 bits per heavy atom. The molecule has 5 heteroatoms. The zero-order valence-electron chi connectivity index (χ0n) is 6.53. The fourth-order valence-electron chi connectivity index (χ4n) is 0.777. The maximum atomic E-state index is 8.26. The van der Waals surface area contributed by atoms with Gasteiger partial charge in [0.05, 0.1) is 6.26 Å². The van der Waals surface area contributed by atoms with Crippen molar-refractivity contribution in [1.29, 1.82) is 0 Å². The second kappa shape index (κ2) is 4.40. The van der Waals surface area contributed by atoms with Crippen LogP contribution in [0.3, 0.4) is 0 Å². The monoisotopic (exact) mass is 169 g/mol. The lowest BCUT2D eigenvalue weighted by Crippen LogP contribution is -2.28. The summed E-state index contributed by atoms with van der Waals surface area (Å²) in [6, 6.07) is 3.67. The van der Waals surface area contributed by atoms with Crippen LogP contribution in [0.5, 0.6) is 0 Å². The molecule has 0 saturated heterocycles. The summed E-state index contributed by atoms with van der Waals surface area (Å²) in [5.74, 6) is 0.867. The third kappa shape index (κ3) is 2.63. The van der Waals surface area contributed by atoms with Gasteiger partial charge in [-0.2, -0.15) is 0 Å². The summed E-state index contributed by atoms with van der Waals surface area (Å²) >= 11 is 0. The second-order valence-corrected chi connectivity index (χ2v) is 2.21. The van der Waals surface area contributed by atoms with Crippen LogP contribution in [0.4, 0.5) is 0 Å². The molecular formula is C7H11N3O2. The molecule has 0 amide bonds. The molecule has 4 N–H and O–H groups in total. The molecule has 0 fully saturated rings. The maximum absolute atomic E-state index is 8.26. The van der Waals surface area contributed by atoms with Crippen molar-refractivity contribution in [2.24, 2.45) is 10.7 Å². The van der Waals surface area contributed by atoms with Crippen molar-refractivity contribution < 1.29 is 9.62 Å². The van der Waals surface area contributed by atoms with E-state index in [2.05, 4.69) is 4.99 Å². The molecule has 0 aliphatic heterocycles. The Morgan fingerprint density at radius 1 is 1.75 bits per heavy atom. The number of nitrogens with two attached hydrogens (primary N) is 1.